The summed E-state index contributed by atoms with van der Waals surface area (Å²) in [4.78, 5) is 28.4. The van der Waals surface area contributed by atoms with E-state index in [1.807, 2.05) is 47.1 Å². The van der Waals surface area contributed by atoms with Crippen molar-refractivity contribution in [3.63, 3.8) is 0 Å². The average molecular weight is 326 g/mol. The number of carbonyl (C=O) groups is 2. The maximum absolute atomic E-state index is 12.8. The van der Waals surface area contributed by atoms with Crippen LogP contribution in [0.4, 0.5) is 0 Å². The Kier molecular flexibility index (Phi) is 4.64. The second-order valence-electron chi connectivity index (χ2n) is 5.97. The molecule has 1 aliphatic rings. The summed E-state index contributed by atoms with van der Waals surface area (Å²) in [5, 5.41) is 4.18. The summed E-state index contributed by atoms with van der Waals surface area (Å²) < 4.78 is 1.74. The molecule has 1 aliphatic heterocycles. The van der Waals surface area contributed by atoms with Crippen molar-refractivity contribution in [2.24, 2.45) is 0 Å². The van der Waals surface area contributed by atoms with Gasteiger partial charge in [0, 0.05) is 39.3 Å². The summed E-state index contributed by atoms with van der Waals surface area (Å²) >= 11 is 0. The van der Waals surface area contributed by atoms with Gasteiger partial charge in [0.1, 0.15) is 0 Å². The SMILES string of the molecule is CCn1cc(C(=O)N2CCN(C(C)=O)[C@H](c3ccccc3)C2)cn1. The molecular weight excluding hydrogens is 304 g/mol. The van der Waals surface area contributed by atoms with Crippen LogP contribution in [0.25, 0.3) is 0 Å². The number of benzene rings is 1. The Morgan fingerprint density at radius 1 is 1.21 bits per heavy atom. The predicted molar refractivity (Wildman–Crippen MR) is 90.4 cm³/mol. The molecule has 1 fully saturated rings. The zero-order valence-corrected chi connectivity index (χ0v) is 14.1. The number of hydrogen-bond acceptors (Lipinski definition) is 3. The Hall–Kier alpha value is -2.63. The zero-order valence-electron chi connectivity index (χ0n) is 14.1. The first-order valence-corrected chi connectivity index (χ1v) is 8.24. The molecule has 6 heteroatoms. The molecule has 6 nitrogen and oxygen atoms in total. The smallest absolute Gasteiger partial charge is 0.257 e. The van der Waals surface area contributed by atoms with Crippen LogP contribution in [0.15, 0.2) is 42.7 Å². The molecule has 0 spiro atoms. The molecule has 1 aromatic heterocycles. The van der Waals surface area contributed by atoms with E-state index in [2.05, 4.69) is 5.10 Å². The fourth-order valence-electron chi connectivity index (χ4n) is 3.13. The molecule has 1 saturated heterocycles. The van der Waals surface area contributed by atoms with Crippen molar-refractivity contribution < 1.29 is 9.59 Å². The Balaban J connectivity index is 1.82. The molecule has 2 amide bonds. The number of rotatable bonds is 3. The third-order valence-corrected chi connectivity index (χ3v) is 4.46. The Labute approximate surface area is 141 Å². The van der Waals surface area contributed by atoms with Gasteiger partial charge in [-0.3, -0.25) is 14.3 Å². The zero-order chi connectivity index (χ0) is 17.1. The molecule has 2 heterocycles. The van der Waals surface area contributed by atoms with Crippen LogP contribution in [0.5, 0.6) is 0 Å². The summed E-state index contributed by atoms with van der Waals surface area (Å²) in [6, 6.07) is 9.77. The van der Waals surface area contributed by atoms with Crippen molar-refractivity contribution in [3.05, 3.63) is 53.9 Å². The third kappa shape index (κ3) is 3.18. The van der Waals surface area contributed by atoms with Gasteiger partial charge >= 0.3 is 0 Å². The molecule has 0 saturated carbocycles. The number of aromatic nitrogens is 2. The van der Waals surface area contributed by atoms with Crippen molar-refractivity contribution in [1.82, 2.24) is 19.6 Å². The van der Waals surface area contributed by atoms with E-state index in [-0.39, 0.29) is 17.9 Å². The molecule has 1 aromatic carbocycles. The third-order valence-electron chi connectivity index (χ3n) is 4.46. The topological polar surface area (TPSA) is 58.4 Å². The van der Waals surface area contributed by atoms with Gasteiger partial charge in [0.05, 0.1) is 17.8 Å². The minimum Gasteiger partial charge on any atom is -0.334 e. The van der Waals surface area contributed by atoms with Crippen molar-refractivity contribution in [2.75, 3.05) is 19.6 Å². The second kappa shape index (κ2) is 6.86. The number of aryl methyl sites for hydroxylation is 1. The Morgan fingerprint density at radius 3 is 2.58 bits per heavy atom. The van der Waals surface area contributed by atoms with Gasteiger partial charge in [0.2, 0.25) is 5.91 Å². The van der Waals surface area contributed by atoms with E-state index in [1.165, 1.54) is 0 Å². The van der Waals surface area contributed by atoms with Gasteiger partial charge in [0.15, 0.2) is 0 Å². The first kappa shape index (κ1) is 16.2. The maximum Gasteiger partial charge on any atom is 0.257 e. The van der Waals surface area contributed by atoms with Crippen LogP contribution in [0.1, 0.15) is 35.8 Å². The quantitative estimate of drug-likeness (QED) is 0.866. The molecule has 126 valence electrons. The number of carbonyl (C=O) groups excluding carboxylic acids is 2. The summed E-state index contributed by atoms with van der Waals surface area (Å²) in [6.45, 7) is 5.89. The molecule has 0 unspecified atom stereocenters. The first-order chi connectivity index (χ1) is 11.6. The van der Waals surface area contributed by atoms with E-state index in [0.717, 1.165) is 12.1 Å². The molecule has 0 N–H and O–H groups in total. The van der Waals surface area contributed by atoms with E-state index < -0.39 is 0 Å². The normalized spacial score (nSPS) is 17.8. The molecule has 3 rings (SSSR count). The molecular formula is C18H22N4O2. The predicted octanol–water partition coefficient (Wildman–Crippen LogP) is 1.95. The summed E-state index contributed by atoms with van der Waals surface area (Å²) in [5.41, 5.74) is 1.65. The van der Waals surface area contributed by atoms with Crippen LogP contribution in [-0.4, -0.2) is 51.0 Å². The highest BCUT2D eigenvalue weighted by molar-refractivity contribution is 5.94. The summed E-state index contributed by atoms with van der Waals surface area (Å²) in [5.74, 6) is 0.00795. The number of amides is 2. The average Bonchev–Trinajstić information content (AvgIpc) is 3.10. The fourth-order valence-corrected chi connectivity index (χ4v) is 3.13. The lowest BCUT2D eigenvalue weighted by Crippen LogP contribution is -2.51. The van der Waals surface area contributed by atoms with Gasteiger partial charge in [-0.25, -0.2) is 0 Å². The van der Waals surface area contributed by atoms with Crippen LogP contribution >= 0.6 is 0 Å². The lowest BCUT2D eigenvalue weighted by molar-refractivity contribution is -0.133. The summed E-state index contributed by atoms with van der Waals surface area (Å²) in [7, 11) is 0. The van der Waals surface area contributed by atoms with Crippen LogP contribution in [0, 0.1) is 0 Å². The molecule has 1 atom stereocenters. The fraction of sp³-hybridized carbons (Fsp3) is 0.389. The number of nitrogens with zero attached hydrogens (tertiary/aromatic N) is 4. The maximum atomic E-state index is 12.8. The van der Waals surface area contributed by atoms with E-state index >= 15 is 0 Å². The molecule has 24 heavy (non-hydrogen) atoms. The highest BCUT2D eigenvalue weighted by Gasteiger charge is 2.32. The van der Waals surface area contributed by atoms with E-state index in [1.54, 1.807) is 24.0 Å². The van der Waals surface area contributed by atoms with Crippen molar-refractivity contribution >= 4 is 11.8 Å². The van der Waals surface area contributed by atoms with Crippen LogP contribution < -0.4 is 0 Å². The van der Waals surface area contributed by atoms with Gasteiger partial charge < -0.3 is 9.80 Å². The minimum absolute atomic E-state index is 0.0289. The molecule has 0 radical (unpaired) electrons. The lowest BCUT2D eigenvalue weighted by atomic mass is 10.0. The minimum atomic E-state index is -0.109. The van der Waals surface area contributed by atoms with E-state index in [9.17, 15) is 9.59 Å². The molecule has 0 aliphatic carbocycles. The van der Waals surface area contributed by atoms with Gasteiger partial charge in [-0.15, -0.1) is 0 Å². The highest BCUT2D eigenvalue weighted by atomic mass is 16.2. The van der Waals surface area contributed by atoms with Gasteiger partial charge in [-0.05, 0) is 12.5 Å². The van der Waals surface area contributed by atoms with Crippen molar-refractivity contribution in [2.45, 2.75) is 26.4 Å². The Morgan fingerprint density at radius 2 is 1.96 bits per heavy atom. The van der Waals surface area contributed by atoms with E-state index in [4.69, 9.17) is 0 Å². The van der Waals surface area contributed by atoms with Crippen molar-refractivity contribution in [1.29, 1.82) is 0 Å². The van der Waals surface area contributed by atoms with Gasteiger partial charge in [-0.2, -0.15) is 5.10 Å². The van der Waals surface area contributed by atoms with Crippen molar-refractivity contribution in [3.8, 4) is 0 Å². The van der Waals surface area contributed by atoms with E-state index in [0.29, 0.717) is 25.2 Å². The monoisotopic (exact) mass is 326 g/mol. The van der Waals surface area contributed by atoms with Gasteiger partial charge in [-0.1, -0.05) is 30.3 Å². The first-order valence-electron chi connectivity index (χ1n) is 8.24. The van der Waals surface area contributed by atoms with Gasteiger partial charge in [0.25, 0.3) is 5.91 Å². The van der Waals surface area contributed by atoms with Crippen LogP contribution in [0.3, 0.4) is 0 Å². The highest BCUT2D eigenvalue weighted by Crippen LogP contribution is 2.26. The standard InChI is InChI=1S/C18H22N4O2/c1-3-21-12-16(11-19-21)18(24)20-9-10-22(14(2)23)17(13-20)15-7-5-4-6-8-15/h4-8,11-12,17H,3,9-10,13H2,1-2H3/t17-/m0/s1. The molecule has 0 bridgehead atoms. The lowest BCUT2D eigenvalue weighted by Gasteiger charge is -2.41. The second-order valence-corrected chi connectivity index (χ2v) is 5.97. The number of hydrogen-bond donors (Lipinski definition) is 0. The van der Waals surface area contributed by atoms with Crippen LogP contribution in [-0.2, 0) is 11.3 Å². The summed E-state index contributed by atoms with van der Waals surface area (Å²) in [6.07, 6.45) is 3.39. The number of piperazine rings is 1. The largest absolute Gasteiger partial charge is 0.334 e. The molecule has 2 aromatic rings. The van der Waals surface area contributed by atoms with Crippen LogP contribution in [0.2, 0.25) is 0 Å². The Bertz CT molecular complexity index is 726.